The fourth-order valence-electron chi connectivity index (χ4n) is 2.41. The Labute approximate surface area is 135 Å². The molecule has 1 amide bonds. The van der Waals surface area contributed by atoms with Crippen molar-refractivity contribution < 1.29 is 4.79 Å². The highest BCUT2D eigenvalue weighted by atomic mass is 32.1. The van der Waals surface area contributed by atoms with E-state index < -0.39 is 0 Å². The molecule has 0 aliphatic heterocycles. The zero-order chi connectivity index (χ0) is 16.1. The van der Waals surface area contributed by atoms with E-state index in [1.165, 1.54) is 0 Å². The summed E-state index contributed by atoms with van der Waals surface area (Å²) in [6.45, 7) is 7.04. The number of pyridine rings is 1. The molecule has 0 saturated heterocycles. The van der Waals surface area contributed by atoms with Crippen LogP contribution in [0.4, 0.5) is 0 Å². The minimum Gasteiger partial charge on any atom is -0.347 e. The van der Waals surface area contributed by atoms with E-state index in [-0.39, 0.29) is 11.9 Å². The zero-order valence-electron chi connectivity index (χ0n) is 13.5. The second-order valence-electron chi connectivity index (χ2n) is 5.50. The van der Waals surface area contributed by atoms with Gasteiger partial charge in [0.15, 0.2) is 0 Å². The smallest absolute Gasteiger partial charge is 0.234 e. The van der Waals surface area contributed by atoms with Gasteiger partial charge in [-0.3, -0.25) is 14.7 Å². The number of hydrogen-bond acceptors (Lipinski definition) is 5. The van der Waals surface area contributed by atoms with E-state index in [1.54, 1.807) is 17.5 Å². The summed E-state index contributed by atoms with van der Waals surface area (Å²) < 4.78 is 0. The molecule has 22 heavy (non-hydrogen) atoms. The molecule has 5 nitrogen and oxygen atoms in total. The highest BCUT2D eigenvalue weighted by molar-refractivity contribution is 7.11. The number of carbonyl (C=O) groups excluding carboxylic acids is 1. The third-order valence-corrected chi connectivity index (χ3v) is 4.22. The Morgan fingerprint density at radius 2 is 2.23 bits per heavy atom. The predicted molar refractivity (Wildman–Crippen MR) is 88.7 cm³/mol. The number of aryl methyl sites for hydroxylation is 2. The molecule has 0 saturated carbocycles. The number of nitrogens with one attached hydrogen (secondary N) is 1. The molecule has 2 heterocycles. The summed E-state index contributed by atoms with van der Waals surface area (Å²) in [7, 11) is 1.93. The van der Waals surface area contributed by atoms with Gasteiger partial charge in [-0.05, 0) is 39.4 Å². The standard InChI is InChI=1S/C16H22N4OS/c1-11(16-12(2)22-13(3)19-16)18-15(21)10-20(4)9-14-6-5-7-17-8-14/h5-8,11H,9-10H2,1-4H3,(H,18,21)/t11-/m1/s1. The van der Waals surface area contributed by atoms with Crippen LogP contribution in [0.5, 0.6) is 0 Å². The molecule has 1 N–H and O–H groups in total. The van der Waals surface area contributed by atoms with Crippen LogP contribution in [0.25, 0.3) is 0 Å². The van der Waals surface area contributed by atoms with Crippen LogP contribution in [0.3, 0.4) is 0 Å². The van der Waals surface area contributed by atoms with Crippen LogP contribution >= 0.6 is 11.3 Å². The van der Waals surface area contributed by atoms with Gasteiger partial charge in [-0.15, -0.1) is 11.3 Å². The molecule has 0 fully saturated rings. The number of rotatable bonds is 6. The molecule has 1 atom stereocenters. The average molecular weight is 318 g/mol. The zero-order valence-corrected chi connectivity index (χ0v) is 14.3. The third kappa shape index (κ3) is 4.61. The molecule has 0 bridgehead atoms. The summed E-state index contributed by atoms with van der Waals surface area (Å²) in [5.41, 5.74) is 2.06. The monoisotopic (exact) mass is 318 g/mol. The summed E-state index contributed by atoms with van der Waals surface area (Å²) in [6, 6.07) is 3.84. The molecule has 0 aromatic carbocycles. The topological polar surface area (TPSA) is 58.1 Å². The lowest BCUT2D eigenvalue weighted by Gasteiger charge is -2.18. The van der Waals surface area contributed by atoms with E-state index in [2.05, 4.69) is 15.3 Å². The van der Waals surface area contributed by atoms with Crippen LogP contribution in [0, 0.1) is 13.8 Å². The number of amides is 1. The van der Waals surface area contributed by atoms with Crippen molar-refractivity contribution in [3.63, 3.8) is 0 Å². The van der Waals surface area contributed by atoms with Crippen LogP contribution < -0.4 is 5.32 Å². The van der Waals surface area contributed by atoms with Crippen molar-refractivity contribution >= 4 is 17.2 Å². The maximum atomic E-state index is 12.2. The Morgan fingerprint density at radius 3 is 2.82 bits per heavy atom. The molecule has 0 spiro atoms. The lowest BCUT2D eigenvalue weighted by atomic mass is 10.2. The van der Waals surface area contributed by atoms with Crippen molar-refractivity contribution in [2.75, 3.05) is 13.6 Å². The number of likely N-dealkylation sites (N-methyl/N-ethyl adjacent to an activating group) is 1. The van der Waals surface area contributed by atoms with Crippen molar-refractivity contribution in [2.45, 2.75) is 33.4 Å². The summed E-state index contributed by atoms with van der Waals surface area (Å²) in [4.78, 5) is 23.9. The van der Waals surface area contributed by atoms with Gasteiger partial charge in [0.25, 0.3) is 0 Å². The minimum absolute atomic E-state index is 0.00365. The van der Waals surface area contributed by atoms with Crippen molar-refractivity contribution in [3.8, 4) is 0 Å². The first-order valence-corrected chi connectivity index (χ1v) is 8.08. The quantitative estimate of drug-likeness (QED) is 0.889. The molecular formula is C16H22N4OS. The van der Waals surface area contributed by atoms with Crippen molar-refractivity contribution in [1.29, 1.82) is 0 Å². The van der Waals surface area contributed by atoms with E-state index in [0.29, 0.717) is 13.1 Å². The second-order valence-corrected chi connectivity index (χ2v) is 6.90. The first-order valence-electron chi connectivity index (χ1n) is 7.26. The van der Waals surface area contributed by atoms with Crippen LogP contribution in [-0.2, 0) is 11.3 Å². The highest BCUT2D eigenvalue weighted by Gasteiger charge is 2.16. The summed E-state index contributed by atoms with van der Waals surface area (Å²) in [5.74, 6) is 0.00365. The largest absolute Gasteiger partial charge is 0.347 e. The lowest BCUT2D eigenvalue weighted by molar-refractivity contribution is -0.122. The van der Waals surface area contributed by atoms with Crippen molar-refractivity contribution in [2.24, 2.45) is 0 Å². The van der Waals surface area contributed by atoms with Crippen molar-refractivity contribution in [3.05, 3.63) is 45.7 Å². The van der Waals surface area contributed by atoms with E-state index in [9.17, 15) is 4.79 Å². The van der Waals surface area contributed by atoms with E-state index in [1.807, 2.05) is 51.0 Å². The van der Waals surface area contributed by atoms with E-state index in [0.717, 1.165) is 21.1 Å². The van der Waals surface area contributed by atoms with Gasteiger partial charge in [0.1, 0.15) is 0 Å². The van der Waals surface area contributed by atoms with Crippen molar-refractivity contribution in [1.82, 2.24) is 20.2 Å². The molecule has 2 rings (SSSR count). The fraction of sp³-hybridized carbons (Fsp3) is 0.438. The first kappa shape index (κ1) is 16.6. The summed E-state index contributed by atoms with van der Waals surface area (Å²) in [6.07, 6.45) is 3.56. The van der Waals surface area contributed by atoms with Gasteiger partial charge in [-0.2, -0.15) is 0 Å². The Balaban J connectivity index is 1.86. The summed E-state index contributed by atoms with van der Waals surface area (Å²) in [5, 5.41) is 4.04. The molecule has 6 heteroatoms. The number of carbonyl (C=O) groups is 1. The Hall–Kier alpha value is -1.79. The summed E-state index contributed by atoms with van der Waals surface area (Å²) >= 11 is 1.66. The Kier molecular flexibility index (Phi) is 5.63. The van der Waals surface area contributed by atoms with E-state index in [4.69, 9.17) is 0 Å². The second kappa shape index (κ2) is 7.47. The first-order chi connectivity index (χ1) is 10.5. The molecule has 2 aromatic heterocycles. The Bertz CT molecular complexity index is 626. The van der Waals surface area contributed by atoms with Gasteiger partial charge in [0.2, 0.25) is 5.91 Å². The number of thiazole rings is 1. The maximum absolute atomic E-state index is 12.2. The van der Waals surface area contributed by atoms with Gasteiger partial charge in [0, 0.05) is 23.8 Å². The van der Waals surface area contributed by atoms with Crippen LogP contribution in [-0.4, -0.2) is 34.4 Å². The van der Waals surface area contributed by atoms with Gasteiger partial charge < -0.3 is 5.32 Å². The van der Waals surface area contributed by atoms with E-state index >= 15 is 0 Å². The molecule has 0 aliphatic rings. The maximum Gasteiger partial charge on any atom is 0.234 e. The fourth-order valence-corrected chi connectivity index (χ4v) is 3.32. The Morgan fingerprint density at radius 1 is 1.45 bits per heavy atom. The van der Waals surface area contributed by atoms with Gasteiger partial charge in [-0.1, -0.05) is 6.07 Å². The predicted octanol–water partition coefficient (Wildman–Crippen LogP) is 2.46. The van der Waals surface area contributed by atoms with Crippen LogP contribution in [0.2, 0.25) is 0 Å². The highest BCUT2D eigenvalue weighted by Crippen LogP contribution is 2.22. The lowest BCUT2D eigenvalue weighted by Crippen LogP contribution is -2.36. The molecule has 0 aliphatic carbocycles. The SMILES string of the molecule is Cc1nc([C@@H](C)NC(=O)CN(C)Cc2cccnc2)c(C)s1. The third-order valence-electron chi connectivity index (χ3n) is 3.32. The molecule has 118 valence electrons. The van der Waals surface area contributed by atoms with Gasteiger partial charge in [-0.25, -0.2) is 4.98 Å². The minimum atomic E-state index is -0.0655. The average Bonchev–Trinajstić information content (AvgIpc) is 2.78. The number of hydrogen-bond donors (Lipinski definition) is 1. The molecule has 0 unspecified atom stereocenters. The van der Waals surface area contributed by atoms with Gasteiger partial charge in [0.05, 0.1) is 23.3 Å². The molecule has 0 radical (unpaired) electrons. The van der Waals surface area contributed by atoms with Gasteiger partial charge >= 0.3 is 0 Å². The van der Waals surface area contributed by atoms with Crippen LogP contribution in [0.15, 0.2) is 24.5 Å². The number of nitrogens with zero attached hydrogens (tertiary/aromatic N) is 3. The van der Waals surface area contributed by atoms with Crippen LogP contribution in [0.1, 0.15) is 34.1 Å². The molecule has 2 aromatic rings. The number of aromatic nitrogens is 2. The normalized spacial score (nSPS) is 12.4. The molecular weight excluding hydrogens is 296 g/mol.